The maximum atomic E-state index is 14.2. The van der Waals surface area contributed by atoms with E-state index in [0.717, 1.165) is 16.5 Å². The highest BCUT2D eigenvalue weighted by molar-refractivity contribution is 5.98. The summed E-state index contributed by atoms with van der Waals surface area (Å²) >= 11 is 0. The summed E-state index contributed by atoms with van der Waals surface area (Å²) in [5, 5.41) is 16.9. The van der Waals surface area contributed by atoms with Gasteiger partial charge in [0.1, 0.15) is 30.0 Å². The number of fused-ring (bicyclic) bond motifs is 5. The van der Waals surface area contributed by atoms with Crippen molar-refractivity contribution in [3.05, 3.63) is 87.2 Å². The van der Waals surface area contributed by atoms with E-state index in [2.05, 4.69) is 31.9 Å². The van der Waals surface area contributed by atoms with Gasteiger partial charge in [-0.25, -0.2) is 19.4 Å². The zero-order valence-electron chi connectivity index (χ0n) is 41.1. The summed E-state index contributed by atoms with van der Waals surface area (Å²) in [6, 6.07) is 13.1. The maximum absolute atomic E-state index is 14.2. The van der Waals surface area contributed by atoms with E-state index in [-0.39, 0.29) is 87.1 Å². The van der Waals surface area contributed by atoms with Gasteiger partial charge in [0.25, 0.3) is 11.5 Å². The second-order valence-electron chi connectivity index (χ2n) is 18.7. The fourth-order valence-electron chi connectivity index (χ4n) is 8.29. The summed E-state index contributed by atoms with van der Waals surface area (Å²) in [5.41, 5.74) is 6.37. The molecule has 7 amide bonds. The molecule has 21 nitrogen and oxygen atoms in total. The van der Waals surface area contributed by atoms with Gasteiger partial charge in [-0.05, 0) is 76.6 Å². The van der Waals surface area contributed by atoms with Gasteiger partial charge in [0.15, 0.2) is 12.2 Å². The summed E-state index contributed by atoms with van der Waals surface area (Å²) in [7, 11) is 0. The van der Waals surface area contributed by atoms with Crippen LogP contribution in [0.15, 0.2) is 59.4 Å². The molecule has 2 aliphatic rings. The third kappa shape index (κ3) is 13.2. The molecule has 4 heterocycles. The van der Waals surface area contributed by atoms with Crippen LogP contribution in [0.3, 0.4) is 0 Å². The van der Waals surface area contributed by atoms with Crippen molar-refractivity contribution in [2.75, 3.05) is 31.6 Å². The molecule has 0 bridgehead atoms. The number of primary amides is 1. The lowest BCUT2D eigenvalue weighted by molar-refractivity contribution is -0.183. The standard InChI is InChI=1S/C50H63N9O12/c1-8-50(35-23-38-42-32(21-30-13-9-10-14-36(30)57-42)24-59(38)45(64)34(35)26-69-46(50)65)70-25-31-16-17-33(22-39(31)68-27-40(61)52-19-12-20-54-48(67)71-49(5,6)7)56-43(62)37(15-11-18-53-47(51)66)58-44(63)41(28(2)3)55-29(4)60/h9-10,13-14,16-17,21-23,28,37,41H,8,11-12,15,18-20,24-27H2,1-7H3,(H,52,61)(H,54,67)(H,55,60)(H,56,62)(H,58,63)(H3,51,53,66)/t37-,41-,50-/m0/s1. The minimum absolute atomic E-state index is 0.0627. The molecule has 21 heteroatoms. The number of nitrogens with two attached hydrogens (primary N) is 1. The van der Waals surface area contributed by atoms with Gasteiger partial charge >= 0.3 is 18.1 Å². The number of benzene rings is 2. The predicted octanol–water partition coefficient (Wildman–Crippen LogP) is 3.75. The fourth-order valence-corrected chi connectivity index (χ4v) is 8.29. The first-order chi connectivity index (χ1) is 33.7. The van der Waals surface area contributed by atoms with Gasteiger partial charge in [-0.1, -0.05) is 45.0 Å². The summed E-state index contributed by atoms with van der Waals surface area (Å²) in [6.07, 6.45) is 0.163. The van der Waals surface area contributed by atoms with E-state index in [1.807, 2.05) is 30.3 Å². The number of nitrogens with one attached hydrogen (secondary N) is 6. The van der Waals surface area contributed by atoms with Crippen molar-refractivity contribution in [3.8, 4) is 17.1 Å². The van der Waals surface area contributed by atoms with E-state index in [1.54, 1.807) is 64.3 Å². The number of carbonyl (C=O) groups is 7. The number of urea groups is 1. The lowest BCUT2D eigenvalue weighted by atomic mass is 9.85. The highest BCUT2D eigenvalue weighted by Crippen LogP contribution is 2.42. The summed E-state index contributed by atoms with van der Waals surface area (Å²) in [5.74, 6) is -3.15. The van der Waals surface area contributed by atoms with Gasteiger partial charge in [0, 0.05) is 60.4 Å². The Morgan fingerprint density at radius 2 is 1.65 bits per heavy atom. The Balaban J connectivity index is 1.26. The summed E-state index contributed by atoms with van der Waals surface area (Å²) in [4.78, 5) is 109. The second-order valence-corrected chi connectivity index (χ2v) is 18.7. The Labute approximate surface area is 410 Å². The first-order valence-corrected chi connectivity index (χ1v) is 23.6. The summed E-state index contributed by atoms with van der Waals surface area (Å²) in [6.45, 7) is 11.5. The number of amides is 7. The number of para-hydroxylation sites is 1. The van der Waals surface area contributed by atoms with E-state index < -0.39 is 71.6 Å². The maximum Gasteiger partial charge on any atom is 0.407 e. The molecule has 0 saturated heterocycles. The minimum atomic E-state index is -1.75. The van der Waals surface area contributed by atoms with Crippen molar-refractivity contribution >= 4 is 58.3 Å². The number of hydrogen-bond donors (Lipinski definition) is 7. The largest absolute Gasteiger partial charge is 0.483 e. The number of ether oxygens (including phenoxy) is 4. The van der Waals surface area contributed by atoms with Crippen LogP contribution in [0.25, 0.3) is 22.3 Å². The second kappa shape index (κ2) is 22.9. The number of hydrogen-bond acceptors (Lipinski definition) is 13. The van der Waals surface area contributed by atoms with Crippen molar-refractivity contribution < 1.29 is 52.5 Å². The lowest BCUT2D eigenvalue weighted by Crippen LogP contribution is -2.54. The number of alkyl carbamates (subject to hydrolysis) is 1. The average molecular weight is 982 g/mol. The van der Waals surface area contributed by atoms with Crippen LogP contribution in [-0.4, -0.2) is 95.2 Å². The number of aromatic nitrogens is 2. The number of pyridine rings is 2. The average Bonchev–Trinajstić information content (AvgIpc) is 3.66. The molecule has 0 fully saturated rings. The van der Waals surface area contributed by atoms with Crippen LogP contribution in [0.1, 0.15) is 96.4 Å². The molecule has 2 aliphatic heterocycles. The van der Waals surface area contributed by atoms with E-state index in [1.165, 1.54) is 13.0 Å². The molecule has 4 aromatic rings. The minimum Gasteiger partial charge on any atom is -0.483 e. The first-order valence-electron chi connectivity index (χ1n) is 23.6. The van der Waals surface area contributed by atoms with E-state index >= 15 is 0 Å². The monoisotopic (exact) mass is 981 g/mol. The predicted molar refractivity (Wildman–Crippen MR) is 261 cm³/mol. The SMILES string of the molecule is CC[C@@]1(OCc2ccc(NC(=O)[C@H](CCCNC(N)=O)NC(=O)[C@@H](NC(C)=O)C(C)C)cc2OCC(=O)NCCCNC(=O)OC(C)(C)C)C(=O)OCc2c1cc1n(c2=O)Cc2cc3ccccc3nc2-1. The molecule has 8 N–H and O–H groups in total. The zero-order valence-corrected chi connectivity index (χ0v) is 41.1. The third-order valence-electron chi connectivity index (χ3n) is 11.8. The van der Waals surface area contributed by atoms with Crippen LogP contribution in [0, 0.1) is 5.92 Å². The van der Waals surface area contributed by atoms with Gasteiger partial charge in [0.2, 0.25) is 17.7 Å². The molecule has 6 rings (SSSR count). The van der Waals surface area contributed by atoms with Crippen molar-refractivity contribution in [3.63, 3.8) is 0 Å². The van der Waals surface area contributed by atoms with Gasteiger partial charge in [-0.15, -0.1) is 0 Å². The lowest BCUT2D eigenvalue weighted by Gasteiger charge is -2.36. The molecule has 380 valence electrons. The van der Waals surface area contributed by atoms with Crippen molar-refractivity contribution in [2.24, 2.45) is 11.7 Å². The Morgan fingerprint density at radius 3 is 2.35 bits per heavy atom. The zero-order chi connectivity index (χ0) is 51.6. The normalized spacial score (nSPS) is 15.5. The first kappa shape index (κ1) is 52.8. The van der Waals surface area contributed by atoms with E-state index in [0.29, 0.717) is 28.9 Å². The van der Waals surface area contributed by atoms with Crippen molar-refractivity contribution in [1.29, 1.82) is 0 Å². The Bertz CT molecular complexity index is 2750. The van der Waals surface area contributed by atoms with E-state index in [4.69, 9.17) is 29.7 Å². The molecule has 71 heavy (non-hydrogen) atoms. The van der Waals surface area contributed by atoms with Gasteiger partial charge in [-0.2, -0.15) is 0 Å². The van der Waals surface area contributed by atoms with Crippen molar-refractivity contribution in [2.45, 2.75) is 117 Å². The molecular formula is C50H63N9O12. The molecule has 0 radical (unpaired) electrons. The van der Waals surface area contributed by atoms with Crippen LogP contribution >= 0.6 is 0 Å². The van der Waals surface area contributed by atoms with Gasteiger partial charge < -0.3 is 61.1 Å². The smallest absolute Gasteiger partial charge is 0.407 e. The molecule has 0 aliphatic carbocycles. The third-order valence-corrected chi connectivity index (χ3v) is 11.8. The van der Waals surface area contributed by atoms with Crippen LogP contribution in [0.4, 0.5) is 15.3 Å². The van der Waals surface area contributed by atoms with Crippen LogP contribution in [-0.2, 0) is 63.5 Å². The number of rotatable bonds is 21. The quantitative estimate of drug-likeness (QED) is 0.0408. The van der Waals surface area contributed by atoms with Crippen molar-refractivity contribution in [1.82, 2.24) is 36.1 Å². The number of carbonyl (C=O) groups excluding carboxylic acids is 7. The Kier molecular flexibility index (Phi) is 17.0. The van der Waals surface area contributed by atoms with Gasteiger partial charge in [-0.3, -0.25) is 24.0 Å². The highest BCUT2D eigenvalue weighted by Gasteiger charge is 2.48. The number of anilines is 1. The molecule has 2 aromatic heterocycles. The Hall–Kier alpha value is -7.55. The number of esters is 1. The number of cyclic esters (lactones) is 1. The summed E-state index contributed by atoms with van der Waals surface area (Å²) < 4.78 is 25.2. The van der Waals surface area contributed by atoms with Crippen LogP contribution < -0.4 is 47.9 Å². The van der Waals surface area contributed by atoms with Crippen LogP contribution in [0.5, 0.6) is 5.75 Å². The molecule has 2 aromatic carbocycles. The molecular weight excluding hydrogens is 919 g/mol. The highest BCUT2D eigenvalue weighted by atomic mass is 16.6. The molecule has 3 atom stereocenters. The van der Waals surface area contributed by atoms with Gasteiger partial charge in [0.05, 0.1) is 35.6 Å². The number of nitrogens with zero attached hydrogens (tertiary/aromatic N) is 2. The topological polar surface area (TPSA) is 289 Å². The molecule has 0 saturated carbocycles. The molecule has 0 spiro atoms. The Morgan fingerprint density at radius 1 is 0.915 bits per heavy atom. The van der Waals surface area contributed by atoms with Crippen LogP contribution in [0.2, 0.25) is 0 Å². The molecule has 0 unspecified atom stereocenters. The van der Waals surface area contributed by atoms with E-state index in [9.17, 15) is 38.4 Å². The fraction of sp³-hybridized carbons (Fsp3) is 0.460.